The van der Waals surface area contributed by atoms with E-state index in [1.54, 1.807) is 12.1 Å². The molecule has 0 spiro atoms. The second kappa shape index (κ2) is 5.73. The van der Waals surface area contributed by atoms with Gasteiger partial charge >= 0.3 is 0 Å². The van der Waals surface area contributed by atoms with Gasteiger partial charge in [0.15, 0.2) is 0 Å². The number of aryl methyl sites for hydroxylation is 3. The van der Waals surface area contributed by atoms with Crippen LogP contribution < -0.4 is 11.3 Å². The van der Waals surface area contributed by atoms with Crippen LogP contribution in [0.4, 0.5) is 4.39 Å². The molecule has 0 radical (unpaired) electrons. The van der Waals surface area contributed by atoms with Crippen LogP contribution in [0.5, 0.6) is 0 Å². The molecule has 4 nitrogen and oxygen atoms in total. The first-order valence-corrected chi connectivity index (χ1v) is 6.65. The molecule has 0 saturated carbocycles. The summed E-state index contributed by atoms with van der Waals surface area (Å²) < 4.78 is 15.3. The van der Waals surface area contributed by atoms with Gasteiger partial charge in [-0.25, -0.2) is 4.39 Å². The van der Waals surface area contributed by atoms with E-state index in [1.165, 1.54) is 6.07 Å². The Kier molecular flexibility index (Phi) is 4.20. The molecule has 20 heavy (non-hydrogen) atoms. The van der Waals surface area contributed by atoms with Gasteiger partial charge < -0.3 is 0 Å². The van der Waals surface area contributed by atoms with E-state index in [0.717, 1.165) is 28.1 Å². The Morgan fingerprint density at radius 3 is 2.60 bits per heavy atom. The maximum Gasteiger partial charge on any atom is 0.123 e. The molecule has 2 rings (SSSR count). The molecule has 0 saturated heterocycles. The lowest BCUT2D eigenvalue weighted by atomic mass is 9.95. The third kappa shape index (κ3) is 2.73. The minimum Gasteiger partial charge on any atom is -0.272 e. The van der Waals surface area contributed by atoms with Gasteiger partial charge in [0.1, 0.15) is 5.82 Å². The van der Waals surface area contributed by atoms with Gasteiger partial charge in [0, 0.05) is 12.7 Å². The molecule has 0 fully saturated rings. The van der Waals surface area contributed by atoms with Crippen molar-refractivity contribution in [2.45, 2.75) is 33.2 Å². The molecule has 0 aliphatic carbocycles. The highest BCUT2D eigenvalue weighted by atomic mass is 19.1. The molecule has 1 atom stereocenters. The summed E-state index contributed by atoms with van der Waals surface area (Å²) in [6.45, 7) is 5.97. The van der Waals surface area contributed by atoms with Crippen LogP contribution in [0.2, 0.25) is 0 Å². The van der Waals surface area contributed by atoms with Crippen molar-refractivity contribution in [3.63, 3.8) is 0 Å². The zero-order valence-electron chi connectivity index (χ0n) is 12.4. The third-order valence-electron chi connectivity index (χ3n) is 3.89. The van der Waals surface area contributed by atoms with E-state index in [9.17, 15) is 4.39 Å². The number of hydrogen-bond acceptors (Lipinski definition) is 3. The largest absolute Gasteiger partial charge is 0.272 e. The summed E-state index contributed by atoms with van der Waals surface area (Å²) in [5.41, 5.74) is 7.95. The van der Waals surface area contributed by atoms with Crippen LogP contribution in [-0.2, 0) is 13.5 Å². The first kappa shape index (κ1) is 14.7. The van der Waals surface area contributed by atoms with Crippen molar-refractivity contribution in [1.82, 2.24) is 15.2 Å². The van der Waals surface area contributed by atoms with Gasteiger partial charge in [0.05, 0.1) is 11.7 Å². The second-order valence-electron chi connectivity index (χ2n) is 5.20. The zero-order chi connectivity index (χ0) is 14.9. The first-order chi connectivity index (χ1) is 9.43. The average molecular weight is 276 g/mol. The summed E-state index contributed by atoms with van der Waals surface area (Å²) in [5, 5.41) is 4.41. The van der Waals surface area contributed by atoms with E-state index < -0.39 is 0 Å². The lowest BCUT2D eigenvalue weighted by molar-refractivity contribution is 0.539. The molecule has 1 unspecified atom stereocenters. The molecule has 0 aliphatic rings. The average Bonchev–Trinajstić information content (AvgIpc) is 2.65. The van der Waals surface area contributed by atoms with Crippen LogP contribution >= 0.6 is 0 Å². The number of hydrogen-bond donors (Lipinski definition) is 2. The topological polar surface area (TPSA) is 55.9 Å². The second-order valence-corrected chi connectivity index (χ2v) is 5.20. The fourth-order valence-corrected chi connectivity index (χ4v) is 2.56. The number of nitrogens with two attached hydrogens (primary N) is 1. The Morgan fingerprint density at radius 2 is 2.05 bits per heavy atom. The highest BCUT2D eigenvalue weighted by molar-refractivity contribution is 5.33. The lowest BCUT2D eigenvalue weighted by Crippen LogP contribution is -2.30. The fourth-order valence-electron chi connectivity index (χ4n) is 2.56. The molecule has 108 valence electrons. The third-order valence-corrected chi connectivity index (χ3v) is 3.89. The first-order valence-electron chi connectivity index (χ1n) is 6.65. The molecule has 3 N–H and O–H groups in total. The molecular formula is C15H21FN4. The number of benzene rings is 1. The molecule has 0 aliphatic heterocycles. The molecule has 1 aromatic heterocycles. The van der Waals surface area contributed by atoms with Crippen molar-refractivity contribution >= 4 is 0 Å². The van der Waals surface area contributed by atoms with Crippen molar-refractivity contribution in [1.29, 1.82) is 0 Å². The van der Waals surface area contributed by atoms with Crippen LogP contribution in [0.1, 0.15) is 34.1 Å². The number of aromatic nitrogens is 2. The Bertz CT molecular complexity index is 619. The highest BCUT2D eigenvalue weighted by Crippen LogP contribution is 2.25. The molecule has 1 aromatic carbocycles. The van der Waals surface area contributed by atoms with Gasteiger partial charge in [0.2, 0.25) is 0 Å². The predicted molar refractivity (Wildman–Crippen MR) is 77.6 cm³/mol. The number of rotatable bonds is 4. The quantitative estimate of drug-likeness (QED) is 0.665. The zero-order valence-corrected chi connectivity index (χ0v) is 12.4. The van der Waals surface area contributed by atoms with E-state index >= 15 is 0 Å². The molecule has 2 aromatic rings. The van der Waals surface area contributed by atoms with Gasteiger partial charge in [-0.05, 0) is 56.0 Å². The van der Waals surface area contributed by atoms with Crippen LogP contribution in [0.15, 0.2) is 18.2 Å². The molecule has 0 amide bonds. The van der Waals surface area contributed by atoms with Crippen molar-refractivity contribution < 1.29 is 4.39 Å². The molecule has 5 heteroatoms. The van der Waals surface area contributed by atoms with Crippen LogP contribution in [0.3, 0.4) is 0 Å². The smallest absolute Gasteiger partial charge is 0.123 e. The standard InChI is InChI=1S/C15H21FN4/c1-9-5-6-12(16)7-13(9)15(18-17)8-14-10(2)19-20(4)11(14)3/h5-7,15,18H,8,17H2,1-4H3. The Hall–Kier alpha value is -1.72. The predicted octanol–water partition coefficient (Wildman–Crippen LogP) is 2.23. The van der Waals surface area contributed by atoms with E-state index in [-0.39, 0.29) is 11.9 Å². The maximum absolute atomic E-state index is 13.5. The number of halogens is 1. The van der Waals surface area contributed by atoms with Crippen molar-refractivity contribution in [2.75, 3.05) is 0 Å². The SMILES string of the molecule is Cc1ccc(F)cc1C(Cc1c(C)nn(C)c1C)NN. The maximum atomic E-state index is 13.5. The Labute approximate surface area is 118 Å². The van der Waals surface area contributed by atoms with Crippen LogP contribution in [-0.4, -0.2) is 9.78 Å². The summed E-state index contributed by atoms with van der Waals surface area (Å²) >= 11 is 0. The minimum absolute atomic E-state index is 0.132. The van der Waals surface area contributed by atoms with Crippen LogP contribution in [0.25, 0.3) is 0 Å². The number of nitrogens with one attached hydrogen (secondary N) is 1. The van der Waals surface area contributed by atoms with E-state index in [4.69, 9.17) is 5.84 Å². The molecule has 0 bridgehead atoms. The summed E-state index contributed by atoms with van der Waals surface area (Å²) in [5.74, 6) is 5.43. The molecular weight excluding hydrogens is 255 g/mol. The normalized spacial score (nSPS) is 12.7. The van der Waals surface area contributed by atoms with E-state index in [0.29, 0.717) is 6.42 Å². The number of hydrazine groups is 1. The van der Waals surface area contributed by atoms with Crippen molar-refractivity contribution in [3.8, 4) is 0 Å². The monoisotopic (exact) mass is 276 g/mol. The lowest BCUT2D eigenvalue weighted by Gasteiger charge is -2.19. The molecule has 1 heterocycles. The Balaban J connectivity index is 2.36. The van der Waals surface area contributed by atoms with Gasteiger partial charge in [-0.15, -0.1) is 0 Å². The highest BCUT2D eigenvalue weighted by Gasteiger charge is 2.18. The summed E-state index contributed by atoms with van der Waals surface area (Å²) in [4.78, 5) is 0. The fraction of sp³-hybridized carbons (Fsp3) is 0.400. The van der Waals surface area contributed by atoms with E-state index in [1.807, 2.05) is 32.5 Å². The number of nitrogens with zero attached hydrogens (tertiary/aromatic N) is 2. The summed E-state index contributed by atoms with van der Waals surface area (Å²) in [7, 11) is 1.92. The minimum atomic E-state index is -0.245. The van der Waals surface area contributed by atoms with Gasteiger partial charge in [-0.2, -0.15) is 5.10 Å². The van der Waals surface area contributed by atoms with E-state index in [2.05, 4.69) is 10.5 Å². The van der Waals surface area contributed by atoms with Gasteiger partial charge in [0.25, 0.3) is 0 Å². The van der Waals surface area contributed by atoms with Gasteiger partial charge in [-0.1, -0.05) is 6.07 Å². The summed E-state index contributed by atoms with van der Waals surface area (Å²) in [6.07, 6.45) is 0.687. The summed E-state index contributed by atoms with van der Waals surface area (Å²) in [6, 6.07) is 4.65. The van der Waals surface area contributed by atoms with Gasteiger partial charge in [-0.3, -0.25) is 16.0 Å². The Morgan fingerprint density at radius 1 is 1.35 bits per heavy atom. The van der Waals surface area contributed by atoms with Crippen molar-refractivity contribution in [2.24, 2.45) is 12.9 Å². The van der Waals surface area contributed by atoms with Crippen LogP contribution in [0, 0.1) is 26.6 Å². The van der Waals surface area contributed by atoms with Crippen molar-refractivity contribution in [3.05, 3.63) is 52.1 Å².